The molecular formula is C10H15N5O4. The number of rotatable bonds is 7. The summed E-state index contributed by atoms with van der Waals surface area (Å²) in [5.74, 6) is -1.71. The van der Waals surface area contributed by atoms with E-state index in [0.29, 0.717) is 13.1 Å². The van der Waals surface area contributed by atoms with Gasteiger partial charge in [-0.3, -0.25) is 14.3 Å². The molecule has 4 N–H and O–H groups in total. The van der Waals surface area contributed by atoms with Crippen molar-refractivity contribution in [1.29, 1.82) is 0 Å². The molecule has 1 rings (SSSR count). The Morgan fingerprint density at radius 3 is 2.58 bits per heavy atom. The van der Waals surface area contributed by atoms with Crippen molar-refractivity contribution in [2.24, 2.45) is 0 Å². The number of carbonyl (C=O) groups excluding carboxylic acids is 2. The quantitative estimate of drug-likeness (QED) is 0.473. The second-order valence-electron chi connectivity index (χ2n) is 3.55. The van der Waals surface area contributed by atoms with Gasteiger partial charge in [-0.15, -0.1) is 0 Å². The van der Waals surface area contributed by atoms with E-state index in [-0.39, 0.29) is 6.54 Å². The summed E-state index contributed by atoms with van der Waals surface area (Å²) in [7, 11) is 0. The summed E-state index contributed by atoms with van der Waals surface area (Å²) in [6.45, 7) is 0.137. The van der Waals surface area contributed by atoms with Gasteiger partial charge in [-0.1, -0.05) is 0 Å². The van der Waals surface area contributed by atoms with E-state index in [2.05, 4.69) is 21.0 Å². The largest absolute Gasteiger partial charge is 0.480 e. The predicted molar refractivity (Wildman–Crippen MR) is 64.3 cm³/mol. The van der Waals surface area contributed by atoms with Crippen molar-refractivity contribution < 1.29 is 19.5 Å². The molecule has 9 heteroatoms. The van der Waals surface area contributed by atoms with Crippen molar-refractivity contribution in [3.63, 3.8) is 0 Å². The van der Waals surface area contributed by atoms with Crippen LogP contribution in [-0.4, -0.2) is 52.4 Å². The van der Waals surface area contributed by atoms with Crippen molar-refractivity contribution in [1.82, 2.24) is 25.7 Å². The van der Waals surface area contributed by atoms with Crippen molar-refractivity contribution in [3.05, 3.63) is 18.5 Å². The topological polar surface area (TPSA) is 125 Å². The standard InChI is InChI=1S/C10H15N5O4/c16-8(12-7-9(17)18)6-13-10(19)11-3-5-15-4-1-2-14-15/h1-2,4H,3,5-7H2,(H,12,16)(H,17,18)(H2,11,13,19). The van der Waals surface area contributed by atoms with Crippen molar-refractivity contribution in [3.8, 4) is 0 Å². The van der Waals surface area contributed by atoms with E-state index in [4.69, 9.17) is 5.11 Å². The van der Waals surface area contributed by atoms with Gasteiger partial charge in [0.05, 0.1) is 13.1 Å². The van der Waals surface area contributed by atoms with Crippen LogP contribution in [0.1, 0.15) is 0 Å². The zero-order valence-electron chi connectivity index (χ0n) is 10.1. The summed E-state index contributed by atoms with van der Waals surface area (Å²) in [5, 5.41) is 19.2. The maximum atomic E-state index is 11.3. The van der Waals surface area contributed by atoms with Crippen LogP contribution in [0.3, 0.4) is 0 Å². The molecule has 1 heterocycles. The molecule has 0 atom stereocenters. The molecule has 0 aliphatic rings. The molecule has 9 nitrogen and oxygen atoms in total. The van der Waals surface area contributed by atoms with Crippen molar-refractivity contribution >= 4 is 17.9 Å². The third-order valence-corrected chi connectivity index (χ3v) is 2.03. The fourth-order valence-corrected chi connectivity index (χ4v) is 1.18. The van der Waals surface area contributed by atoms with Crippen molar-refractivity contribution in [2.45, 2.75) is 6.54 Å². The summed E-state index contributed by atoms with van der Waals surface area (Å²) >= 11 is 0. The van der Waals surface area contributed by atoms with Crippen LogP contribution in [-0.2, 0) is 16.1 Å². The van der Waals surface area contributed by atoms with Gasteiger partial charge in [0.2, 0.25) is 5.91 Å². The fraction of sp³-hybridized carbons (Fsp3) is 0.400. The molecule has 0 bridgehead atoms. The smallest absolute Gasteiger partial charge is 0.322 e. The van der Waals surface area contributed by atoms with Crippen LogP contribution in [0, 0.1) is 0 Å². The third kappa shape index (κ3) is 6.66. The number of urea groups is 1. The fourth-order valence-electron chi connectivity index (χ4n) is 1.18. The highest BCUT2D eigenvalue weighted by atomic mass is 16.4. The van der Waals surface area contributed by atoms with Gasteiger partial charge in [0.15, 0.2) is 0 Å². The van der Waals surface area contributed by atoms with Crippen molar-refractivity contribution in [2.75, 3.05) is 19.6 Å². The lowest BCUT2D eigenvalue weighted by atomic mass is 10.5. The summed E-state index contributed by atoms with van der Waals surface area (Å²) in [6, 6.07) is 1.27. The van der Waals surface area contributed by atoms with Gasteiger partial charge in [-0.2, -0.15) is 5.10 Å². The van der Waals surface area contributed by atoms with Gasteiger partial charge in [-0.25, -0.2) is 4.79 Å². The molecule has 0 radical (unpaired) electrons. The Morgan fingerprint density at radius 1 is 1.16 bits per heavy atom. The summed E-state index contributed by atoms with van der Waals surface area (Å²) in [4.78, 5) is 32.5. The first-order chi connectivity index (χ1) is 9.08. The molecule has 0 saturated heterocycles. The molecule has 1 aromatic heterocycles. The SMILES string of the molecule is O=C(O)CNC(=O)CNC(=O)NCCn1cccn1. The summed E-state index contributed by atoms with van der Waals surface area (Å²) < 4.78 is 1.65. The maximum absolute atomic E-state index is 11.3. The van der Waals surface area contributed by atoms with Gasteiger partial charge in [-0.05, 0) is 6.07 Å². The van der Waals surface area contributed by atoms with E-state index in [1.165, 1.54) is 0 Å². The molecule has 1 aromatic rings. The molecule has 0 aliphatic carbocycles. The number of nitrogens with one attached hydrogen (secondary N) is 3. The molecule has 3 amide bonds. The van der Waals surface area contributed by atoms with Crippen LogP contribution >= 0.6 is 0 Å². The monoisotopic (exact) mass is 269 g/mol. The molecule has 19 heavy (non-hydrogen) atoms. The Hall–Kier alpha value is -2.58. The Morgan fingerprint density at radius 2 is 1.95 bits per heavy atom. The Kier molecular flexibility index (Phi) is 5.86. The van der Waals surface area contributed by atoms with Crippen LogP contribution in [0.5, 0.6) is 0 Å². The van der Waals surface area contributed by atoms with E-state index >= 15 is 0 Å². The molecule has 0 fully saturated rings. The number of aromatic nitrogens is 2. The lowest BCUT2D eigenvalue weighted by Crippen LogP contribution is -2.43. The van der Waals surface area contributed by atoms with Crippen LogP contribution in [0.25, 0.3) is 0 Å². The highest BCUT2D eigenvalue weighted by Gasteiger charge is 2.05. The molecule has 0 unspecified atom stereocenters. The average molecular weight is 269 g/mol. The van der Waals surface area contributed by atoms with Gasteiger partial charge >= 0.3 is 12.0 Å². The summed E-state index contributed by atoms with van der Waals surface area (Å²) in [6.07, 6.45) is 3.39. The third-order valence-electron chi connectivity index (χ3n) is 2.03. The Balaban J connectivity index is 2.07. The number of carboxylic acids is 1. The van der Waals surface area contributed by atoms with Crippen LogP contribution in [0.4, 0.5) is 4.79 Å². The molecule has 0 aromatic carbocycles. The first-order valence-electron chi connectivity index (χ1n) is 5.55. The maximum Gasteiger partial charge on any atom is 0.322 e. The van der Waals surface area contributed by atoms with Crippen LogP contribution in [0.2, 0.25) is 0 Å². The molecule has 104 valence electrons. The average Bonchev–Trinajstić information content (AvgIpc) is 2.87. The highest BCUT2D eigenvalue weighted by molar-refractivity contribution is 5.86. The number of carboxylic acid groups (broad SMARTS) is 1. The van der Waals surface area contributed by atoms with Gasteiger partial charge < -0.3 is 21.1 Å². The number of hydrogen-bond donors (Lipinski definition) is 4. The van der Waals surface area contributed by atoms with E-state index < -0.39 is 24.5 Å². The number of amides is 3. The lowest BCUT2D eigenvalue weighted by molar-refractivity contribution is -0.137. The van der Waals surface area contributed by atoms with Crippen LogP contribution in [0.15, 0.2) is 18.5 Å². The lowest BCUT2D eigenvalue weighted by Gasteiger charge is -2.07. The highest BCUT2D eigenvalue weighted by Crippen LogP contribution is 1.82. The minimum Gasteiger partial charge on any atom is -0.480 e. The number of carbonyl (C=O) groups is 3. The van der Waals surface area contributed by atoms with Crippen LogP contribution < -0.4 is 16.0 Å². The van der Waals surface area contributed by atoms with E-state index in [1.807, 2.05) is 0 Å². The first-order valence-corrected chi connectivity index (χ1v) is 5.55. The Labute approximate surface area is 109 Å². The Bertz CT molecular complexity index is 431. The second-order valence-corrected chi connectivity index (χ2v) is 3.55. The molecule has 0 aliphatic heterocycles. The van der Waals surface area contributed by atoms with E-state index in [0.717, 1.165) is 0 Å². The zero-order valence-corrected chi connectivity index (χ0v) is 10.1. The van der Waals surface area contributed by atoms with Gasteiger partial charge in [0.1, 0.15) is 6.54 Å². The number of hydrogen-bond acceptors (Lipinski definition) is 4. The number of aliphatic carboxylic acids is 1. The van der Waals surface area contributed by atoms with E-state index in [1.54, 1.807) is 23.1 Å². The summed E-state index contributed by atoms with van der Waals surface area (Å²) in [5.41, 5.74) is 0. The minimum absolute atomic E-state index is 0.277. The van der Waals surface area contributed by atoms with Gasteiger partial charge in [0.25, 0.3) is 0 Å². The normalized spacial score (nSPS) is 9.68. The van der Waals surface area contributed by atoms with E-state index in [9.17, 15) is 14.4 Å². The van der Waals surface area contributed by atoms with Gasteiger partial charge in [0, 0.05) is 18.9 Å². The predicted octanol–water partition coefficient (Wildman–Crippen LogP) is -1.62. The molecular weight excluding hydrogens is 254 g/mol. The molecule has 0 saturated carbocycles. The minimum atomic E-state index is -1.14. The second kappa shape index (κ2) is 7.69. The zero-order chi connectivity index (χ0) is 14.1. The first kappa shape index (κ1) is 14.5. The number of nitrogens with zero attached hydrogens (tertiary/aromatic N) is 2. The molecule has 0 spiro atoms.